The van der Waals surface area contributed by atoms with E-state index in [1.54, 1.807) is 20.8 Å². The molecule has 0 aliphatic carbocycles. The molecule has 0 spiro atoms. The molecule has 0 saturated carbocycles. The lowest BCUT2D eigenvalue weighted by molar-refractivity contribution is -0.934. The van der Waals surface area contributed by atoms with E-state index >= 15 is 0 Å². The van der Waals surface area contributed by atoms with Gasteiger partial charge in [0.05, 0.1) is 26.2 Å². The van der Waals surface area contributed by atoms with E-state index in [0.717, 1.165) is 32.1 Å². The molecular weight excluding hydrogens is 518 g/mol. The molecule has 0 aromatic carbocycles. The summed E-state index contributed by atoms with van der Waals surface area (Å²) in [7, 11) is 0. The second kappa shape index (κ2) is 24.7. The zero-order valence-corrected chi connectivity index (χ0v) is 27.0. The lowest BCUT2D eigenvalue weighted by atomic mass is 10.0. The Hall–Kier alpha value is -1.89. The Labute approximate surface area is 251 Å². The first-order valence-electron chi connectivity index (χ1n) is 16.7. The van der Waals surface area contributed by atoms with E-state index in [9.17, 15) is 29.7 Å². The van der Waals surface area contributed by atoms with Crippen LogP contribution in [0.15, 0.2) is 12.2 Å². The molecule has 0 aliphatic heterocycles. The predicted molar refractivity (Wildman–Crippen MR) is 168 cm³/mol. The molecular formula is C34H64NO6+. The quantitative estimate of drug-likeness (QED) is 0.0463. The van der Waals surface area contributed by atoms with Gasteiger partial charge in [0.1, 0.15) is 17.8 Å². The first kappa shape index (κ1) is 39.1. The van der Waals surface area contributed by atoms with Crippen LogP contribution in [-0.2, 0) is 14.4 Å². The van der Waals surface area contributed by atoms with Gasteiger partial charge in [-0.05, 0) is 59.3 Å². The lowest BCUT2D eigenvalue weighted by Gasteiger charge is -2.42. The van der Waals surface area contributed by atoms with E-state index in [1.165, 1.54) is 83.5 Å². The summed E-state index contributed by atoms with van der Waals surface area (Å²) in [6, 6.07) is 0. The zero-order chi connectivity index (χ0) is 30.9. The highest BCUT2D eigenvalue weighted by Crippen LogP contribution is 2.22. The molecule has 0 amide bonds. The molecule has 3 N–H and O–H groups in total. The summed E-state index contributed by atoms with van der Waals surface area (Å²) in [6.45, 7) is 8.49. The highest BCUT2D eigenvalue weighted by Gasteiger charge is 2.38. The molecule has 240 valence electrons. The van der Waals surface area contributed by atoms with E-state index < -0.39 is 35.7 Å². The van der Waals surface area contributed by atoms with Crippen molar-refractivity contribution in [2.24, 2.45) is 17.8 Å². The third-order valence-electron chi connectivity index (χ3n) is 8.39. The van der Waals surface area contributed by atoms with Gasteiger partial charge < -0.3 is 19.8 Å². The summed E-state index contributed by atoms with van der Waals surface area (Å²) < 4.78 is 0.222. The number of nitrogens with zero attached hydrogens (tertiary/aromatic N) is 1. The van der Waals surface area contributed by atoms with Gasteiger partial charge in [-0.25, -0.2) is 0 Å². The molecule has 41 heavy (non-hydrogen) atoms. The Kier molecular flexibility index (Phi) is 23.5. The largest absolute Gasteiger partial charge is 0.481 e. The number of unbranched alkanes of at least 4 members (excludes halogenated alkanes) is 16. The zero-order valence-electron chi connectivity index (χ0n) is 27.0. The van der Waals surface area contributed by atoms with Crippen molar-refractivity contribution in [3.8, 4) is 0 Å². The summed E-state index contributed by atoms with van der Waals surface area (Å²) >= 11 is 0. The fourth-order valence-electron chi connectivity index (χ4n) is 5.88. The number of hydrogen-bond donors (Lipinski definition) is 3. The standard InChI is InChI=1S/C34H63NO6/c1-5-6-7-8-9-10-11-12-13-14-15-16-17-18-19-20-21-22-23-24-25-35(26-29(2)32(36)37,27-30(3)33(38)39)28-31(4)34(40)41/h15-16,29-31H,5-14,17-28H2,1-4H3,(H2-,36,37,38,39,40,41)/p+1/b16-15+. The van der Waals surface area contributed by atoms with Gasteiger partial charge in [0.15, 0.2) is 0 Å². The molecule has 0 saturated heterocycles. The van der Waals surface area contributed by atoms with Crippen molar-refractivity contribution in [2.75, 3.05) is 26.2 Å². The van der Waals surface area contributed by atoms with Gasteiger partial charge in [-0.15, -0.1) is 0 Å². The molecule has 3 atom stereocenters. The van der Waals surface area contributed by atoms with E-state index in [0.29, 0.717) is 6.54 Å². The first-order chi connectivity index (χ1) is 19.5. The summed E-state index contributed by atoms with van der Waals surface area (Å²) in [5.74, 6) is -4.81. The van der Waals surface area contributed by atoms with E-state index in [4.69, 9.17) is 0 Å². The molecule has 0 aliphatic rings. The van der Waals surface area contributed by atoms with Gasteiger partial charge in [-0.1, -0.05) is 96.1 Å². The molecule has 3 unspecified atom stereocenters. The third kappa shape index (κ3) is 21.5. The van der Waals surface area contributed by atoms with Crippen LogP contribution in [0.1, 0.15) is 143 Å². The van der Waals surface area contributed by atoms with Gasteiger partial charge in [0, 0.05) is 0 Å². The lowest BCUT2D eigenvalue weighted by Crippen LogP contribution is -2.57. The molecule has 0 heterocycles. The Balaban J connectivity index is 4.28. The fraction of sp³-hybridized carbons (Fsp3) is 0.853. The number of allylic oxidation sites excluding steroid dienone is 2. The van der Waals surface area contributed by atoms with Gasteiger partial charge in [0.25, 0.3) is 0 Å². The summed E-state index contributed by atoms with van der Waals surface area (Å²) in [5, 5.41) is 28.6. The van der Waals surface area contributed by atoms with Crippen molar-refractivity contribution >= 4 is 17.9 Å². The van der Waals surface area contributed by atoms with Crippen LogP contribution in [0, 0.1) is 17.8 Å². The minimum absolute atomic E-state index is 0.222. The first-order valence-corrected chi connectivity index (χ1v) is 16.7. The second-order valence-corrected chi connectivity index (χ2v) is 12.7. The van der Waals surface area contributed by atoms with Crippen molar-refractivity contribution in [2.45, 2.75) is 143 Å². The maximum absolute atomic E-state index is 11.6. The molecule has 7 nitrogen and oxygen atoms in total. The van der Waals surface area contributed by atoms with E-state index in [-0.39, 0.29) is 24.1 Å². The van der Waals surface area contributed by atoms with Crippen LogP contribution in [0.25, 0.3) is 0 Å². The molecule has 0 aromatic rings. The molecule has 7 heteroatoms. The Morgan fingerprint density at radius 3 is 1.12 bits per heavy atom. The number of rotatable bonds is 29. The van der Waals surface area contributed by atoms with Crippen molar-refractivity contribution in [1.82, 2.24) is 0 Å². The van der Waals surface area contributed by atoms with E-state index in [1.807, 2.05) is 0 Å². The average Bonchev–Trinajstić information content (AvgIpc) is 2.91. The Morgan fingerprint density at radius 2 is 0.805 bits per heavy atom. The van der Waals surface area contributed by atoms with Crippen molar-refractivity contribution in [3.63, 3.8) is 0 Å². The number of carbonyl (C=O) groups is 3. The summed E-state index contributed by atoms with van der Waals surface area (Å²) in [4.78, 5) is 34.9. The maximum Gasteiger partial charge on any atom is 0.311 e. The van der Waals surface area contributed by atoms with Crippen molar-refractivity contribution in [3.05, 3.63) is 12.2 Å². The number of quaternary nitrogens is 1. The summed E-state index contributed by atoms with van der Waals surface area (Å²) in [5.41, 5.74) is 0. The molecule has 0 aromatic heterocycles. The van der Waals surface area contributed by atoms with Crippen LogP contribution in [0.2, 0.25) is 0 Å². The monoisotopic (exact) mass is 582 g/mol. The van der Waals surface area contributed by atoms with E-state index in [2.05, 4.69) is 19.1 Å². The Bertz CT molecular complexity index is 667. The number of carboxylic acids is 3. The Morgan fingerprint density at radius 1 is 0.512 bits per heavy atom. The highest BCUT2D eigenvalue weighted by molar-refractivity contribution is 5.70. The van der Waals surface area contributed by atoms with Crippen LogP contribution in [0.4, 0.5) is 0 Å². The van der Waals surface area contributed by atoms with Crippen molar-refractivity contribution in [1.29, 1.82) is 0 Å². The molecule has 0 fully saturated rings. The minimum atomic E-state index is -0.934. The highest BCUT2D eigenvalue weighted by atomic mass is 16.4. The van der Waals surface area contributed by atoms with Crippen LogP contribution in [0.5, 0.6) is 0 Å². The molecule has 0 radical (unpaired) electrons. The summed E-state index contributed by atoms with van der Waals surface area (Å²) in [6.07, 6.45) is 27.1. The number of hydrogen-bond acceptors (Lipinski definition) is 3. The average molecular weight is 583 g/mol. The molecule has 0 rings (SSSR count). The van der Waals surface area contributed by atoms with Crippen LogP contribution in [-0.4, -0.2) is 63.9 Å². The van der Waals surface area contributed by atoms with Gasteiger partial charge >= 0.3 is 17.9 Å². The molecule has 0 bridgehead atoms. The smallest absolute Gasteiger partial charge is 0.311 e. The van der Waals surface area contributed by atoms with Crippen LogP contribution in [0.3, 0.4) is 0 Å². The fourth-order valence-corrected chi connectivity index (χ4v) is 5.88. The number of aliphatic carboxylic acids is 3. The van der Waals surface area contributed by atoms with Gasteiger partial charge in [-0.2, -0.15) is 0 Å². The van der Waals surface area contributed by atoms with Gasteiger partial charge in [0.2, 0.25) is 0 Å². The second-order valence-electron chi connectivity index (χ2n) is 12.7. The number of carboxylic acid groups (broad SMARTS) is 3. The maximum atomic E-state index is 11.6. The normalized spacial score (nSPS) is 15.4. The predicted octanol–water partition coefficient (Wildman–Crippen LogP) is 8.56. The topological polar surface area (TPSA) is 112 Å². The van der Waals surface area contributed by atoms with Crippen molar-refractivity contribution < 1.29 is 34.2 Å². The van der Waals surface area contributed by atoms with Gasteiger partial charge in [-0.3, -0.25) is 14.4 Å². The minimum Gasteiger partial charge on any atom is -0.481 e. The SMILES string of the molecule is CCCCCCCCCCC/C=C/CCCCCCCCC[N+](CC(C)C(=O)O)(CC(C)C(=O)O)CC(C)C(=O)O. The third-order valence-corrected chi connectivity index (χ3v) is 8.39. The van der Waals surface area contributed by atoms with Crippen LogP contribution >= 0.6 is 0 Å². The van der Waals surface area contributed by atoms with Crippen LogP contribution < -0.4 is 0 Å².